The molecule has 28 heavy (non-hydrogen) atoms. The van der Waals surface area contributed by atoms with Gasteiger partial charge >= 0.3 is 0 Å². The molecule has 1 aliphatic heterocycles. The lowest BCUT2D eigenvalue weighted by Crippen LogP contribution is -2.35. The molecule has 1 aliphatic rings. The zero-order chi connectivity index (χ0) is 19.3. The molecular formula is C22H24N2O2S2. The molecule has 0 spiro atoms. The van der Waals surface area contributed by atoms with Crippen LogP contribution < -0.4 is 4.90 Å². The predicted octanol–water partition coefficient (Wildman–Crippen LogP) is 4.98. The Hall–Kier alpha value is -2.15. The molecule has 1 amide bonds. The van der Waals surface area contributed by atoms with Gasteiger partial charge in [-0.25, -0.2) is 0 Å². The number of amides is 1. The summed E-state index contributed by atoms with van der Waals surface area (Å²) in [6.07, 6.45) is 0. The normalized spacial score (nSPS) is 14.2. The highest BCUT2D eigenvalue weighted by molar-refractivity contribution is 7.18. The van der Waals surface area contributed by atoms with Gasteiger partial charge in [-0.05, 0) is 30.0 Å². The van der Waals surface area contributed by atoms with Crippen LogP contribution in [0.3, 0.4) is 0 Å². The number of hydrogen-bond acceptors (Lipinski definition) is 5. The lowest BCUT2D eigenvalue weighted by Gasteiger charge is -2.28. The fourth-order valence-electron chi connectivity index (χ4n) is 3.39. The Kier molecular flexibility index (Phi) is 6.10. The Labute approximate surface area is 174 Å². The van der Waals surface area contributed by atoms with Crippen molar-refractivity contribution in [1.29, 1.82) is 0 Å². The molecule has 4 nitrogen and oxygen atoms in total. The number of carbonyl (C=O) groups excluding carboxylic acids is 1. The average Bonchev–Trinajstić information content (AvgIpc) is 3.43. The number of anilines is 1. The largest absolute Gasteiger partial charge is 0.378 e. The number of benzene rings is 1. The van der Waals surface area contributed by atoms with E-state index < -0.39 is 0 Å². The summed E-state index contributed by atoms with van der Waals surface area (Å²) in [6, 6.07) is 16.5. The molecule has 4 rings (SSSR count). The zero-order valence-electron chi connectivity index (χ0n) is 16.0. The summed E-state index contributed by atoms with van der Waals surface area (Å²) in [6.45, 7) is 6.59. The highest BCUT2D eigenvalue weighted by Crippen LogP contribution is 2.40. The summed E-state index contributed by atoms with van der Waals surface area (Å²) in [5.74, 6) is 0.109. The van der Waals surface area contributed by atoms with E-state index >= 15 is 0 Å². The SMILES string of the molecule is CCN(Cc1cccs1)C(=O)c1cc(-c2ccccc2)c(N2CCOCC2)s1. The van der Waals surface area contributed by atoms with E-state index in [1.165, 1.54) is 9.88 Å². The Morgan fingerprint density at radius 3 is 2.61 bits per heavy atom. The van der Waals surface area contributed by atoms with Gasteiger partial charge in [-0.3, -0.25) is 4.79 Å². The smallest absolute Gasteiger partial charge is 0.264 e. The quantitative estimate of drug-likeness (QED) is 0.573. The van der Waals surface area contributed by atoms with Gasteiger partial charge in [0, 0.05) is 30.1 Å². The Bertz CT molecular complexity index is 900. The van der Waals surface area contributed by atoms with E-state index in [9.17, 15) is 4.79 Å². The minimum atomic E-state index is 0.109. The third kappa shape index (κ3) is 4.14. The molecule has 1 saturated heterocycles. The number of rotatable bonds is 6. The van der Waals surface area contributed by atoms with E-state index in [1.807, 2.05) is 36.1 Å². The molecule has 0 N–H and O–H groups in total. The molecule has 0 bridgehead atoms. The highest BCUT2D eigenvalue weighted by Gasteiger charge is 2.24. The molecule has 3 heterocycles. The van der Waals surface area contributed by atoms with Crippen LogP contribution in [-0.4, -0.2) is 43.7 Å². The van der Waals surface area contributed by atoms with Crippen LogP contribution in [0.5, 0.6) is 0 Å². The molecular weight excluding hydrogens is 388 g/mol. The van der Waals surface area contributed by atoms with Crippen LogP contribution in [0.4, 0.5) is 5.00 Å². The molecule has 146 valence electrons. The lowest BCUT2D eigenvalue weighted by atomic mass is 10.1. The maximum absolute atomic E-state index is 13.3. The van der Waals surface area contributed by atoms with Crippen LogP contribution in [-0.2, 0) is 11.3 Å². The standard InChI is InChI=1S/C22H24N2O2S2/c1-2-23(16-18-9-6-14-27-18)21(25)20-15-19(17-7-4-3-5-8-17)22(28-20)24-10-12-26-13-11-24/h3-9,14-15H,2,10-13,16H2,1H3. The summed E-state index contributed by atoms with van der Waals surface area (Å²) in [5.41, 5.74) is 2.30. The van der Waals surface area contributed by atoms with E-state index in [0.717, 1.165) is 42.3 Å². The maximum atomic E-state index is 13.3. The minimum Gasteiger partial charge on any atom is -0.378 e. The van der Waals surface area contributed by atoms with Crippen LogP contribution in [0.15, 0.2) is 53.9 Å². The lowest BCUT2D eigenvalue weighted by molar-refractivity contribution is 0.0759. The van der Waals surface area contributed by atoms with E-state index in [2.05, 4.69) is 34.5 Å². The van der Waals surface area contributed by atoms with Gasteiger partial charge in [0.05, 0.1) is 29.6 Å². The highest BCUT2D eigenvalue weighted by atomic mass is 32.1. The van der Waals surface area contributed by atoms with Gasteiger partial charge in [-0.1, -0.05) is 36.4 Å². The summed E-state index contributed by atoms with van der Waals surface area (Å²) in [5, 5.41) is 3.23. The number of morpholine rings is 1. The molecule has 0 radical (unpaired) electrons. The predicted molar refractivity (Wildman–Crippen MR) is 118 cm³/mol. The number of nitrogens with zero attached hydrogens (tertiary/aromatic N) is 2. The molecule has 0 atom stereocenters. The molecule has 0 aliphatic carbocycles. The average molecular weight is 413 g/mol. The molecule has 0 unspecified atom stereocenters. The van der Waals surface area contributed by atoms with Crippen molar-refractivity contribution in [2.24, 2.45) is 0 Å². The van der Waals surface area contributed by atoms with Crippen molar-refractivity contribution in [2.75, 3.05) is 37.7 Å². The van der Waals surface area contributed by atoms with Gasteiger partial charge < -0.3 is 14.5 Å². The molecule has 0 saturated carbocycles. The van der Waals surface area contributed by atoms with Crippen LogP contribution in [0, 0.1) is 0 Å². The van der Waals surface area contributed by atoms with Gasteiger partial charge in [0.15, 0.2) is 0 Å². The first kappa shape index (κ1) is 19.2. The van der Waals surface area contributed by atoms with Gasteiger partial charge in [0.25, 0.3) is 5.91 Å². The van der Waals surface area contributed by atoms with Crippen LogP contribution in [0.25, 0.3) is 11.1 Å². The molecule has 1 aromatic carbocycles. The maximum Gasteiger partial charge on any atom is 0.264 e. The van der Waals surface area contributed by atoms with Crippen molar-refractivity contribution in [2.45, 2.75) is 13.5 Å². The monoisotopic (exact) mass is 412 g/mol. The molecule has 1 fully saturated rings. The van der Waals surface area contributed by atoms with Crippen molar-refractivity contribution in [3.63, 3.8) is 0 Å². The van der Waals surface area contributed by atoms with E-state index in [1.54, 1.807) is 22.7 Å². The molecule has 6 heteroatoms. The van der Waals surface area contributed by atoms with E-state index in [0.29, 0.717) is 13.1 Å². The van der Waals surface area contributed by atoms with E-state index in [4.69, 9.17) is 4.74 Å². The second kappa shape index (κ2) is 8.90. The third-order valence-corrected chi connectivity index (χ3v) is 6.95. The van der Waals surface area contributed by atoms with Gasteiger partial charge in [0.1, 0.15) is 0 Å². The number of ether oxygens (including phenoxy) is 1. The summed E-state index contributed by atoms with van der Waals surface area (Å²) >= 11 is 3.30. The fourth-order valence-corrected chi connectivity index (χ4v) is 5.31. The minimum absolute atomic E-state index is 0.109. The fraction of sp³-hybridized carbons (Fsp3) is 0.318. The summed E-state index contributed by atoms with van der Waals surface area (Å²) in [7, 11) is 0. The third-order valence-electron chi connectivity index (χ3n) is 4.90. The van der Waals surface area contributed by atoms with Gasteiger partial charge in [-0.15, -0.1) is 22.7 Å². The number of thiophene rings is 2. The van der Waals surface area contributed by atoms with E-state index in [-0.39, 0.29) is 5.91 Å². The van der Waals surface area contributed by atoms with Gasteiger partial charge in [-0.2, -0.15) is 0 Å². The summed E-state index contributed by atoms with van der Waals surface area (Å²) < 4.78 is 5.52. The second-order valence-corrected chi connectivity index (χ2v) is 8.76. The first-order valence-corrected chi connectivity index (χ1v) is 11.3. The van der Waals surface area contributed by atoms with Crippen molar-refractivity contribution >= 4 is 33.6 Å². The van der Waals surface area contributed by atoms with Crippen molar-refractivity contribution in [3.05, 3.63) is 63.7 Å². The number of carbonyl (C=O) groups is 1. The molecule has 2 aromatic heterocycles. The van der Waals surface area contributed by atoms with Crippen LogP contribution in [0.2, 0.25) is 0 Å². The van der Waals surface area contributed by atoms with Gasteiger partial charge in [0.2, 0.25) is 0 Å². The van der Waals surface area contributed by atoms with Crippen molar-refractivity contribution < 1.29 is 9.53 Å². The first-order valence-electron chi connectivity index (χ1n) is 9.60. The summed E-state index contributed by atoms with van der Waals surface area (Å²) in [4.78, 5) is 19.6. The van der Waals surface area contributed by atoms with Crippen LogP contribution in [0.1, 0.15) is 21.5 Å². The van der Waals surface area contributed by atoms with Crippen molar-refractivity contribution in [3.8, 4) is 11.1 Å². The Morgan fingerprint density at radius 1 is 1.14 bits per heavy atom. The number of hydrogen-bond donors (Lipinski definition) is 0. The van der Waals surface area contributed by atoms with Crippen molar-refractivity contribution in [1.82, 2.24) is 4.90 Å². The van der Waals surface area contributed by atoms with Crippen LogP contribution >= 0.6 is 22.7 Å². The molecule has 3 aromatic rings. The Morgan fingerprint density at radius 2 is 1.93 bits per heavy atom. The Balaban J connectivity index is 1.66. The second-order valence-electron chi connectivity index (χ2n) is 6.69. The topological polar surface area (TPSA) is 32.8 Å². The zero-order valence-corrected chi connectivity index (χ0v) is 17.6. The first-order chi connectivity index (χ1) is 13.8.